The predicted molar refractivity (Wildman–Crippen MR) is 80.3 cm³/mol. The fourth-order valence-corrected chi connectivity index (χ4v) is 2.03. The second kappa shape index (κ2) is 8.18. The van der Waals surface area contributed by atoms with Gasteiger partial charge in [-0.05, 0) is 30.7 Å². The minimum atomic E-state index is 0.172. The van der Waals surface area contributed by atoms with Crippen LogP contribution in [0.25, 0.3) is 0 Å². The third-order valence-electron chi connectivity index (χ3n) is 2.85. The van der Waals surface area contributed by atoms with Crippen molar-refractivity contribution in [2.24, 2.45) is 0 Å². The van der Waals surface area contributed by atoms with Gasteiger partial charge < -0.3 is 10.2 Å². The Morgan fingerprint density at radius 1 is 1.42 bits per heavy atom. The van der Waals surface area contributed by atoms with Gasteiger partial charge in [-0.15, -0.1) is 0 Å². The van der Waals surface area contributed by atoms with Gasteiger partial charge in [0.25, 0.3) is 0 Å². The summed E-state index contributed by atoms with van der Waals surface area (Å²) in [7, 11) is 1.83. The van der Waals surface area contributed by atoms with Gasteiger partial charge in [0.05, 0.1) is 0 Å². The normalized spacial score (nSPS) is 10.8. The second-order valence-corrected chi connectivity index (χ2v) is 5.53. The van der Waals surface area contributed by atoms with E-state index in [1.54, 1.807) is 4.90 Å². The highest BCUT2D eigenvalue weighted by atomic mass is 35.5. The summed E-state index contributed by atoms with van der Waals surface area (Å²) in [6.45, 7) is 5.70. The highest BCUT2D eigenvalue weighted by Gasteiger charge is 2.09. The number of amides is 1. The van der Waals surface area contributed by atoms with Crippen LogP contribution in [-0.4, -0.2) is 30.4 Å². The van der Waals surface area contributed by atoms with E-state index in [9.17, 15) is 4.79 Å². The highest BCUT2D eigenvalue weighted by molar-refractivity contribution is 6.30. The average Bonchev–Trinajstić information content (AvgIpc) is 2.34. The average molecular weight is 283 g/mol. The van der Waals surface area contributed by atoms with Crippen molar-refractivity contribution in [1.82, 2.24) is 10.2 Å². The van der Waals surface area contributed by atoms with E-state index in [1.807, 2.05) is 31.3 Å². The van der Waals surface area contributed by atoms with Crippen LogP contribution in [0.5, 0.6) is 0 Å². The molecule has 0 saturated heterocycles. The van der Waals surface area contributed by atoms with Crippen LogP contribution in [-0.2, 0) is 11.3 Å². The Kier molecular flexibility index (Phi) is 6.89. The van der Waals surface area contributed by atoms with Crippen LogP contribution in [0.15, 0.2) is 24.3 Å². The molecule has 1 amide bonds. The van der Waals surface area contributed by atoms with E-state index in [1.165, 1.54) is 0 Å². The highest BCUT2D eigenvalue weighted by Crippen LogP contribution is 2.12. The van der Waals surface area contributed by atoms with Crippen LogP contribution >= 0.6 is 11.6 Å². The number of carbonyl (C=O) groups is 1. The van der Waals surface area contributed by atoms with E-state index < -0.39 is 0 Å². The van der Waals surface area contributed by atoms with Crippen molar-refractivity contribution < 1.29 is 4.79 Å². The molecule has 1 aromatic carbocycles. The van der Waals surface area contributed by atoms with Crippen LogP contribution in [0, 0.1) is 0 Å². The Bertz CT molecular complexity index is 407. The number of hydrogen-bond donors (Lipinski definition) is 1. The third kappa shape index (κ3) is 6.60. The van der Waals surface area contributed by atoms with Gasteiger partial charge in [0.2, 0.25) is 5.91 Å². The summed E-state index contributed by atoms with van der Waals surface area (Å²) in [4.78, 5) is 13.7. The number of nitrogens with zero attached hydrogens (tertiary/aromatic N) is 1. The van der Waals surface area contributed by atoms with Crippen LogP contribution in [0.2, 0.25) is 5.02 Å². The quantitative estimate of drug-likeness (QED) is 0.780. The molecule has 0 aliphatic carbocycles. The molecule has 0 atom stereocenters. The van der Waals surface area contributed by atoms with Gasteiger partial charge in [-0.3, -0.25) is 4.79 Å². The van der Waals surface area contributed by atoms with Gasteiger partial charge in [0.15, 0.2) is 0 Å². The first-order valence-corrected chi connectivity index (χ1v) is 7.08. The first-order chi connectivity index (χ1) is 8.99. The first kappa shape index (κ1) is 16.0. The predicted octanol–water partition coefficient (Wildman–Crippen LogP) is 3.08. The third-order valence-corrected chi connectivity index (χ3v) is 3.09. The van der Waals surface area contributed by atoms with E-state index in [0.717, 1.165) is 18.5 Å². The molecule has 0 aromatic heterocycles. The van der Waals surface area contributed by atoms with E-state index in [4.69, 9.17) is 11.6 Å². The Hall–Kier alpha value is -1.06. The van der Waals surface area contributed by atoms with Crippen molar-refractivity contribution in [3.8, 4) is 0 Å². The summed E-state index contributed by atoms with van der Waals surface area (Å²) in [5.41, 5.74) is 1.06. The largest absolute Gasteiger partial charge is 0.341 e. The van der Waals surface area contributed by atoms with Gasteiger partial charge in [0.1, 0.15) is 0 Å². The molecule has 1 N–H and O–H groups in total. The number of benzene rings is 1. The molecule has 4 heteroatoms. The molecule has 0 radical (unpaired) electrons. The van der Waals surface area contributed by atoms with Crippen molar-refractivity contribution in [2.75, 3.05) is 13.6 Å². The van der Waals surface area contributed by atoms with Crippen LogP contribution in [0.3, 0.4) is 0 Å². The molecule has 1 aromatic rings. The van der Waals surface area contributed by atoms with Crippen LogP contribution in [0.4, 0.5) is 0 Å². The summed E-state index contributed by atoms with van der Waals surface area (Å²) in [5.74, 6) is 0.172. The topological polar surface area (TPSA) is 32.3 Å². The van der Waals surface area contributed by atoms with Gasteiger partial charge in [-0.1, -0.05) is 37.6 Å². The molecule has 0 unspecified atom stereocenters. The number of hydrogen-bond acceptors (Lipinski definition) is 2. The maximum absolute atomic E-state index is 11.9. The SMILES string of the molecule is CC(C)NCCCC(=O)N(C)Cc1cccc(Cl)c1. The monoisotopic (exact) mass is 282 g/mol. The lowest BCUT2D eigenvalue weighted by molar-refractivity contribution is -0.130. The molecule has 106 valence electrons. The molecule has 0 spiro atoms. The zero-order chi connectivity index (χ0) is 14.3. The molecule has 0 heterocycles. The molecule has 0 aliphatic rings. The second-order valence-electron chi connectivity index (χ2n) is 5.09. The number of halogens is 1. The lowest BCUT2D eigenvalue weighted by atomic mass is 10.2. The minimum Gasteiger partial charge on any atom is -0.341 e. The summed E-state index contributed by atoms with van der Waals surface area (Å²) < 4.78 is 0. The summed E-state index contributed by atoms with van der Waals surface area (Å²) in [5, 5.41) is 4.02. The van der Waals surface area contributed by atoms with Gasteiger partial charge in [0, 0.05) is 31.1 Å². The number of rotatable bonds is 7. The maximum Gasteiger partial charge on any atom is 0.222 e. The van der Waals surface area contributed by atoms with Crippen molar-refractivity contribution in [1.29, 1.82) is 0 Å². The lowest BCUT2D eigenvalue weighted by Gasteiger charge is -2.17. The van der Waals surface area contributed by atoms with E-state index in [-0.39, 0.29) is 5.91 Å². The Balaban J connectivity index is 2.32. The maximum atomic E-state index is 11.9. The van der Waals surface area contributed by atoms with E-state index in [2.05, 4.69) is 19.2 Å². The van der Waals surface area contributed by atoms with Gasteiger partial charge >= 0.3 is 0 Å². The molecule has 1 rings (SSSR count). The fraction of sp³-hybridized carbons (Fsp3) is 0.533. The summed E-state index contributed by atoms with van der Waals surface area (Å²) in [6, 6.07) is 8.09. The Morgan fingerprint density at radius 2 is 2.16 bits per heavy atom. The summed E-state index contributed by atoms with van der Waals surface area (Å²) >= 11 is 5.93. The minimum absolute atomic E-state index is 0.172. The molecule has 0 fully saturated rings. The van der Waals surface area contributed by atoms with Crippen molar-refractivity contribution in [3.05, 3.63) is 34.9 Å². The van der Waals surface area contributed by atoms with Crippen molar-refractivity contribution in [2.45, 2.75) is 39.3 Å². The molecule has 0 aliphatic heterocycles. The lowest BCUT2D eigenvalue weighted by Crippen LogP contribution is -2.28. The first-order valence-electron chi connectivity index (χ1n) is 6.71. The Labute approximate surface area is 120 Å². The Morgan fingerprint density at radius 3 is 2.79 bits per heavy atom. The zero-order valence-corrected chi connectivity index (χ0v) is 12.7. The number of carbonyl (C=O) groups excluding carboxylic acids is 1. The van der Waals surface area contributed by atoms with E-state index >= 15 is 0 Å². The smallest absolute Gasteiger partial charge is 0.222 e. The molecule has 19 heavy (non-hydrogen) atoms. The molecular weight excluding hydrogens is 260 g/mol. The van der Waals surface area contributed by atoms with Crippen LogP contribution in [0.1, 0.15) is 32.3 Å². The van der Waals surface area contributed by atoms with Crippen molar-refractivity contribution in [3.63, 3.8) is 0 Å². The summed E-state index contributed by atoms with van der Waals surface area (Å²) in [6.07, 6.45) is 1.45. The van der Waals surface area contributed by atoms with Gasteiger partial charge in [-0.25, -0.2) is 0 Å². The fourth-order valence-electron chi connectivity index (χ4n) is 1.82. The molecule has 3 nitrogen and oxygen atoms in total. The standard InChI is InChI=1S/C15H23ClN2O/c1-12(2)17-9-5-8-15(19)18(3)11-13-6-4-7-14(16)10-13/h4,6-7,10,12,17H,5,8-9,11H2,1-3H3. The molecular formula is C15H23ClN2O. The molecule has 0 saturated carbocycles. The molecule has 0 bridgehead atoms. The van der Waals surface area contributed by atoms with E-state index in [0.29, 0.717) is 24.0 Å². The number of nitrogens with one attached hydrogen (secondary N) is 1. The van der Waals surface area contributed by atoms with Crippen LogP contribution < -0.4 is 5.32 Å². The van der Waals surface area contributed by atoms with Crippen molar-refractivity contribution >= 4 is 17.5 Å². The van der Waals surface area contributed by atoms with Gasteiger partial charge in [-0.2, -0.15) is 0 Å². The zero-order valence-electron chi connectivity index (χ0n) is 11.9.